The molecule has 0 aliphatic carbocycles. The monoisotopic (exact) mass is 1040 g/mol. The first-order valence-electron chi connectivity index (χ1n) is 25.8. The molecule has 4 aliphatic heterocycles. The molecule has 2 unspecified atom stereocenters. The molecule has 6 aromatic rings. The van der Waals surface area contributed by atoms with E-state index in [0.29, 0.717) is 63.7 Å². The van der Waals surface area contributed by atoms with E-state index in [0.717, 1.165) is 89.9 Å². The van der Waals surface area contributed by atoms with Crippen LogP contribution in [0.5, 0.6) is 0 Å². The first-order valence-corrected chi connectivity index (χ1v) is 26.6. The summed E-state index contributed by atoms with van der Waals surface area (Å²) < 4.78 is 1.01. The molecule has 72 heavy (non-hydrogen) atoms. The normalized spacial score (nSPS) is 18.9. The Morgan fingerprint density at radius 3 is 1.33 bits per heavy atom. The molecule has 380 valence electrons. The van der Waals surface area contributed by atoms with Crippen molar-refractivity contribution in [2.45, 2.75) is 96.1 Å². The summed E-state index contributed by atoms with van der Waals surface area (Å²) in [5.41, 5.74) is 9.97. The summed E-state index contributed by atoms with van der Waals surface area (Å²) in [6.45, 7) is 11.5. The number of carboxylic acid groups (broad SMARTS) is 2. The number of likely N-dealkylation sites (tertiary alicyclic amines) is 4. The average molecular weight is 1040 g/mol. The van der Waals surface area contributed by atoms with E-state index in [4.69, 9.17) is 0 Å². The Balaban J connectivity index is 0.000000178. The van der Waals surface area contributed by atoms with E-state index in [2.05, 4.69) is 102 Å². The van der Waals surface area contributed by atoms with Gasteiger partial charge in [-0.15, -0.1) is 0 Å². The topological polar surface area (TPSA) is 177 Å². The number of rotatable bonds is 10. The summed E-state index contributed by atoms with van der Waals surface area (Å²) in [6.07, 6.45) is 10.9. The van der Waals surface area contributed by atoms with Crippen LogP contribution in [0.1, 0.15) is 91.0 Å². The second-order valence-electron chi connectivity index (χ2n) is 20.5. The van der Waals surface area contributed by atoms with E-state index < -0.39 is 24.0 Å². The molecule has 0 radical (unpaired) electrons. The lowest BCUT2D eigenvalue weighted by molar-refractivity contribution is -0.147. The zero-order chi connectivity index (χ0) is 50.5. The molecule has 0 saturated carbocycles. The molecule has 6 heterocycles. The van der Waals surface area contributed by atoms with Crippen molar-refractivity contribution in [2.24, 2.45) is 11.8 Å². The predicted octanol–water partition coefficient (Wildman–Crippen LogP) is 11.2. The Kier molecular flexibility index (Phi) is 16.0. The number of anilines is 2. The fourth-order valence-corrected chi connectivity index (χ4v) is 12.2. The van der Waals surface area contributed by atoms with Crippen molar-refractivity contribution in [1.82, 2.24) is 29.6 Å². The summed E-state index contributed by atoms with van der Waals surface area (Å²) in [7, 11) is 0. The summed E-state index contributed by atoms with van der Waals surface area (Å²) in [4.78, 5) is 65.0. The van der Waals surface area contributed by atoms with Crippen LogP contribution in [-0.4, -0.2) is 128 Å². The molecule has 0 bridgehead atoms. The highest BCUT2D eigenvalue weighted by molar-refractivity contribution is 9.10. The minimum atomic E-state index is -0.742. The number of halogens is 1. The summed E-state index contributed by atoms with van der Waals surface area (Å²) in [5.74, 6) is -0.487. The maximum atomic E-state index is 12.8. The smallest absolute Gasteiger partial charge is 0.321 e. The third-order valence-corrected chi connectivity index (χ3v) is 17.1. The van der Waals surface area contributed by atoms with Crippen LogP contribution in [0.2, 0.25) is 0 Å². The van der Waals surface area contributed by atoms with Gasteiger partial charge in [-0.1, -0.05) is 58.4 Å². The van der Waals surface area contributed by atoms with E-state index in [1.54, 1.807) is 4.90 Å². The van der Waals surface area contributed by atoms with Crippen molar-refractivity contribution < 1.29 is 29.4 Å². The van der Waals surface area contributed by atoms with Crippen molar-refractivity contribution in [1.29, 1.82) is 0 Å². The number of amides is 4. The van der Waals surface area contributed by atoms with Crippen LogP contribution in [0.15, 0.2) is 102 Å². The number of para-hydroxylation sites is 2. The quantitative estimate of drug-likeness (QED) is 0.0785. The molecule has 0 spiro atoms. The number of urea groups is 2. The number of nitrogens with one attached hydrogen (secondary N) is 4. The lowest BCUT2D eigenvalue weighted by Gasteiger charge is -2.41. The van der Waals surface area contributed by atoms with E-state index >= 15 is 0 Å². The zero-order valence-electron chi connectivity index (χ0n) is 41.7. The van der Waals surface area contributed by atoms with E-state index in [1.165, 1.54) is 27.5 Å². The summed E-state index contributed by atoms with van der Waals surface area (Å²) >= 11 is 3.48. The molecular formula is C57H69BrN8O6. The molecule has 6 N–H and O–H groups in total. The lowest BCUT2D eigenvalue weighted by Crippen LogP contribution is -2.52. The van der Waals surface area contributed by atoms with Gasteiger partial charge in [-0.2, -0.15) is 0 Å². The Morgan fingerprint density at radius 2 is 0.931 bits per heavy atom. The number of hydrogen-bond acceptors (Lipinski definition) is 6. The molecule has 4 saturated heterocycles. The minimum absolute atomic E-state index is 0.0473. The number of piperidine rings is 4. The van der Waals surface area contributed by atoms with Crippen LogP contribution in [0.4, 0.5) is 21.0 Å². The molecule has 10 rings (SSSR count). The van der Waals surface area contributed by atoms with Crippen molar-refractivity contribution >= 4 is 73.1 Å². The second kappa shape index (κ2) is 22.7. The molecular weight excluding hydrogens is 973 g/mol. The van der Waals surface area contributed by atoms with Gasteiger partial charge in [0.1, 0.15) is 12.1 Å². The number of fused-ring (bicyclic) bond motifs is 2. The minimum Gasteiger partial charge on any atom is -0.480 e. The highest BCUT2D eigenvalue weighted by atomic mass is 79.9. The fraction of sp³-hybridized carbons (Fsp3) is 0.439. The number of aromatic nitrogens is 2. The summed E-state index contributed by atoms with van der Waals surface area (Å²) in [5, 5.41) is 28.8. The van der Waals surface area contributed by atoms with Crippen molar-refractivity contribution in [3.63, 3.8) is 0 Å². The van der Waals surface area contributed by atoms with Crippen molar-refractivity contribution in [3.05, 3.63) is 130 Å². The third kappa shape index (κ3) is 11.5. The number of benzene rings is 4. The van der Waals surface area contributed by atoms with Gasteiger partial charge in [0, 0.05) is 76.2 Å². The summed E-state index contributed by atoms with van der Waals surface area (Å²) in [6, 6.07) is 27.2. The van der Waals surface area contributed by atoms with Crippen molar-refractivity contribution in [2.75, 3.05) is 63.0 Å². The van der Waals surface area contributed by atoms with Crippen molar-refractivity contribution in [3.8, 4) is 0 Å². The van der Waals surface area contributed by atoms with Crippen LogP contribution in [-0.2, 0) is 9.59 Å². The van der Waals surface area contributed by atoms with Gasteiger partial charge in [-0.25, -0.2) is 9.59 Å². The highest BCUT2D eigenvalue weighted by Gasteiger charge is 2.40. The van der Waals surface area contributed by atoms with Gasteiger partial charge in [0.15, 0.2) is 0 Å². The first-order chi connectivity index (χ1) is 34.8. The van der Waals surface area contributed by atoms with Gasteiger partial charge in [0.2, 0.25) is 0 Å². The first kappa shape index (κ1) is 50.8. The Morgan fingerprint density at radius 1 is 0.528 bits per heavy atom. The largest absolute Gasteiger partial charge is 0.480 e. The number of aryl methyl sites for hydroxylation is 3. The molecule has 4 amide bonds. The van der Waals surface area contributed by atoms with Gasteiger partial charge < -0.3 is 40.6 Å². The van der Waals surface area contributed by atoms with Gasteiger partial charge >= 0.3 is 24.0 Å². The van der Waals surface area contributed by atoms with Crippen LogP contribution in [0.25, 0.3) is 21.8 Å². The number of carbonyl (C=O) groups is 4. The maximum Gasteiger partial charge on any atom is 0.321 e. The van der Waals surface area contributed by atoms with Gasteiger partial charge in [0.25, 0.3) is 0 Å². The molecule has 4 fully saturated rings. The zero-order valence-corrected chi connectivity index (χ0v) is 43.3. The number of aromatic amines is 2. The van der Waals surface area contributed by atoms with Crippen LogP contribution >= 0.6 is 15.9 Å². The molecule has 2 aromatic heterocycles. The number of carbonyl (C=O) groups excluding carboxylic acids is 2. The van der Waals surface area contributed by atoms with Gasteiger partial charge in [-0.3, -0.25) is 19.4 Å². The van der Waals surface area contributed by atoms with E-state index in [9.17, 15) is 29.4 Å². The Hall–Kier alpha value is -6.16. The SMILES string of the molecule is Cc1cc(NC(=O)N2CCC(C(C(=O)O)N3CCC(c4c[nH]c5ccccc45)CC3)CC2)ccc1Br.Cc1ccc(NC(=O)N2CCC(C(C(=O)O)N3CCC(c4c[nH]c5ccccc45)CC3)CC2)cc1C. The second-order valence-corrected chi connectivity index (χ2v) is 21.4. The molecule has 14 nitrogen and oxygen atoms in total. The molecule has 2 atom stereocenters. The average Bonchev–Trinajstić information content (AvgIpc) is 4.03. The van der Waals surface area contributed by atoms with Crippen LogP contribution < -0.4 is 10.6 Å². The van der Waals surface area contributed by atoms with Crippen LogP contribution in [0.3, 0.4) is 0 Å². The molecule has 15 heteroatoms. The van der Waals surface area contributed by atoms with Gasteiger partial charge in [-0.05, 0) is 192 Å². The fourth-order valence-electron chi connectivity index (χ4n) is 11.9. The molecule has 4 aromatic carbocycles. The number of nitrogens with zero attached hydrogens (tertiary/aromatic N) is 4. The predicted molar refractivity (Wildman–Crippen MR) is 288 cm³/mol. The number of hydrogen-bond donors (Lipinski definition) is 6. The maximum absolute atomic E-state index is 12.8. The Labute approximate surface area is 430 Å². The number of aliphatic carboxylic acids is 2. The van der Waals surface area contributed by atoms with E-state index in [-0.39, 0.29) is 23.9 Å². The highest BCUT2D eigenvalue weighted by Crippen LogP contribution is 2.38. The third-order valence-electron chi connectivity index (χ3n) is 16.2. The molecule has 4 aliphatic rings. The van der Waals surface area contributed by atoms with E-state index in [1.807, 2.05) is 67.3 Å². The van der Waals surface area contributed by atoms with Gasteiger partial charge in [0.05, 0.1) is 0 Å². The standard InChI is InChI=1S/C29H36N4O3.C28H33BrN4O3/c1-19-7-8-23(17-20(19)2)31-29(36)33-15-11-22(12-16-33)27(28(34)35)32-13-9-21(10-14-32)25-18-30-26-6-4-3-5-24(25)26;1-18-16-21(6-7-24(18)29)31-28(36)33-14-10-20(11-15-33)26(27(34)35)32-12-8-19(9-13-32)23-17-30-25-5-3-2-4-22(23)25/h3-8,17-18,21-22,27,30H,9-16H2,1-2H3,(H,31,36)(H,34,35);2-7,16-17,19-20,26,30H,8-15H2,1H3,(H,31,36)(H,34,35). The van der Waals surface area contributed by atoms with Crippen LogP contribution in [0, 0.1) is 32.6 Å². The lowest BCUT2D eigenvalue weighted by atomic mass is 9.84. The number of H-pyrrole nitrogens is 2. The number of carboxylic acids is 2. The Bertz CT molecular complexity index is 2670.